The molecule has 21 heavy (non-hydrogen) atoms. The van der Waals surface area contributed by atoms with Gasteiger partial charge in [-0.2, -0.15) is 0 Å². The molecule has 116 valence electrons. The summed E-state index contributed by atoms with van der Waals surface area (Å²) in [7, 11) is 0. The van der Waals surface area contributed by atoms with E-state index in [1.165, 1.54) is 54.7 Å². The molecule has 3 heteroatoms. The molecule has 0 bridgehead atoms. The molecule has 0 radical (unpaired) electrons. The van der Waals surface area contributed by atoms with Crippen molar-refractivity contribution in [2.24, 2.45) is 5.73 Å². The standard InChI is InChI=1S/C18H29N3/c1-13-9-14(2)18(15(3)10-13)17(11-19)21-8-7-20-6-4-5-16(20)12-21/h9-10,16-17H,4-8,11-12,19H2,1-3H3. The highest BCUT2D eigenvalue weighted by atomic mass is 15.3. The van der Waals surface area contributed by atoms with Crippen LogP contribution in [0.1, 0.15) is 41.1 Å². The third kappa shape index (κ3) is 2.87. The van der Waals surface area contributed by atoms with E-state index in [2.05, 4.69) is 42.7 Å². The van der Waals surface area contributed by atoms with Crippen molar-refractivity contribution in [3.05, 3.63) is 34.4 Å². The van der Waals surface area contributed by atoms with Crippen LogP contribution < -0.4 is 5.73 Å². The van der Waals surface area contributed by atoms with Gasteiger partial charge in [-0.25, -0.2) is 0 Å². The number of fused-ring (bicyclic) bond motifs is 1. The van der Waals surface area contributed by atoms with E-state index in [0.29, 0.717) is 6.04 Å². The molecule has 2 heterocycles. The molecule has 0 spiro atoms. The average Bonchev–Trinajstić information content (AvgIpc) is 2.89. The normalized spacial score (nSPS) is 25.0. The molecule has 3 rings (SSSR count). The molecule has 0 saturated carbocycles. The number of hydrogen-bond donors (Lipinski definition) is 1. The van der Waals surface area contributed by atoms with E-state index < -0.39 is 0 Å². The van der Waals surface area contributed by atoms with Crippen LogP contribution in [0.4, 0.5) is 0 Å². The first-order valence-corrected chi connectivity index (χ1v) is 8.36. The summed E-state index contributed by atoms with van der Waals surface area (Å²) in [5, 5.41) is 0. The fourth-order valence-electron chi connectivity index (χ4n) is 4.46. The summed E-state index contributed by atoms with van der Waals surface area (Å²) < 4.78 is 0. The average molecular weight is 287 g/mol. The molecule has 1 aromatic rings. The molecule has 0 aliphatic carbocycles. The number of nitrogens with zero attached hydrogens (tertiary/aromatic N) is 2. The molecule has 2 aliphatic rings. The third-order valence-electron chi connectivity index (χ3n) is 5.35. The van der Waals surface area contributed by atoms with Crippen LogP contribution in [-0.4, -0.2) is 48.6 Å². The van der Waals surface area contributed by atoms with Gasteiger partial charge < -0.3 is 5.73 Å². The molecule has 0 aromatic heterocycles. The summed E-state index contributed by atoms with van der Waals surface area (Å²) >= 11 is 0. The van der Waals surface area contributed by atoms with Crippen LogP contribution in [-0.2, 0) is 0 Å². The lowest BCUT2D eigenvalue weighted by atomic mass is 9.92. The Balaban J connectivity index is 1.85. The lowest BCUT2D eigenvalue weighted by molar-refractivity contribution is 0.0733. The minimum atomic E-state index is 0.383. The van der Waals surface area contributed by atoms with Crippen LogP contribution >= 0.6 is 0 Å². The van der Waals surface area contributed by atoms with Gasteiger partial charge in [0, 0.05) is 38.3 Å². The molecular weight excluding hydrogens is 258 g/mol. The summed E-state index contributed by atoms with van der Waals surface area (Å²) in [6.07, 6.45) is 2.73. The van der Waals surface area contributed by atoms with E-state index in [1.54, 1.807) is 0 Å². The highest BCUT2D eigenvalue weighted by molar-refractivity contribution is 5.40. The maximum Gasteiger partial charge on any atom is 0.0476 e. The molecular formula is C18H29N3. The van der Waals surface area contributed by atoms with Gasteiger partial charge in [0.1, 0.15) is 0 Å². The Morgan fingerprint density at radius 2 is 1.86 bits per heavy atom. The van der Waals surface area contributed by atoms with Gasteiger partial charge in [0.25, 0.3) is 0 Å². The lowest BCUT2D eigenvalue weighted by Crippen LogP contribution is -2.52. The van der Waals surface area contributed by atoms with Gasteiger partial charge >= 0.3 is 0 Å². The molecule has 2 saturated heterocycles. The van der Waals surface area contributed by atoms with Crippen molar-refractivity contribution >= 4 is 0 Å². The van der Waals surface area contributed by atoms with Gasteiger partial charge in [-0.1, -0.05) is 17.7 Å². The monoisotopic (exact) mass is 287 g/mol. The predicted octanol–water partition coefficient (Wildman–Crippen LogP) is 2.39. The molecule has 3 nitrogen and oxygen atoms in total. The van der Waals surface area contributed by atoms with E-state index in [4.69, 9.17) is 5.73 Å². The summed E-state index contributed by atoms with van der Waals surface area (Å²) in [5.41, 5.74) is 11.8. The van der Waals surface area contributed by atoms with Crippen LogP contribution in [0.5, 0.6) is 0 Å². The first-order chi connectivity index (χ1) is 10.1. The fraction of sp³-hybridized carbons (Fsp3) is 0.667. The minimum absolute atomic E-state index is 0.383. The van der Waals surface area contributed by atoms with Crippen molar-refractivity contribution in [3.8, 4) is 0 Å². The summed E-state index contributed by atoms with van der Waals surface area (Å²) in [4.78, 5) is 5.30. The molecule has 2 atom stereocenters. The summed E-state index contributed by atoms with van der Waals surface area (Å²) in [5.74, 6) is 0. The van der Waals surface area contributed by atoms with Gasteiger partial charge in [-0.05, 0) is 56.8 Å². The SMILES string of the molecule is Cc1cc(C)c(C(CN)N2CCN3CCCC3C2)c(C)c1. The number of hydrogen-bond acceptors (Lipinski definition) is 3. The van der Waals surface area contributed by atoms with Crippen LogP contribution in [0.15, 0.2) is 12.1 Å². The third-order valence-corrected chi connectivity index (χ3v) is 5.35. The second-order valence-electron chi connectivity index (χ2n) is 6.89. The molecule has 0 amide bonds. The molecule has 2 aliphatic heterocycles. The number of benzene rings is 1. The Kier molecular flexibility index (Phi) is 4.34. The van der Waals surface area contributed by atoms with Gasteiger partial charge in [-0.15, -0.1) is 0 Å². The molecule has 2 fully saturated rings. The maximum absolute atomic E-state index is 6.19. The Labute approximate surface area is 129 Å². The zero-order valence-corrected chi connectivity index (χ0v) is 13.7. The smallest absolute Gasteiger partial charge is 0.0476 e. The highest BCUT2D eigenvalue weighted by Crippen LogP contribution is 2.31. The van der Waals surface area contributed by atoms with E-state index in [0.717, 1.165) is 19.1 Å². The summed E-state index contributed by atoms with van der Waals surface area (Å²) in [6, 6.07) is 5.75. The summed E-state index contributed by atoms with van der Waals surface area (Å²) in [6.45, 7) is 12.2. The van der Waals surface area contributed by atoms with Crippen LogP contribution in [0, 0.1) is 20.8 Å². The number of nitrogens with two attached hydrogens (primary N) is 1. The van der Waals surface area contributed by atoms with Crippen molar-refractivity contribution in [2.45, 2.75) is 45.7 Å². The Morgan fingerprint density at radius 1 is 1.14 bits per heavy atom. The predicted molar refractivity (Wildman–Crippen MR) is 88.6 cm³/mol. The Bertz CT molecular complexity index is 488. The first kappa shape index (κ1) is 15.0. The molecule has 2 N–H and O–H groups in total. The molecule has 1 aromatic carbocycles. The van der Waals surface area contributed by atoms with Crippen LogP contribution in [0.2, 0.25) is 0 Å². The van der Waals surface area contributed by atoms with Gasteiger partial charge in [0.05, 0.1) is 0 Å². The van der Waals surface area contributed by atoms with Crippen molar-refractivity contribution in [1.29, 1.82) is 0 Å². The van der Waals surface area contributed by atoms with Crippen molar-refractivity contribution in [2.75, 3.05) is 32.7 Å². The van der Waals surface area contributed by atoms with Gasteiger partial charge in [0.2, 0.25) is 0 Å². The Morgan fingerprint density at radius 3 is 2.52 bits per heavy atom. The minimum Gasteiger partial charge on any atom is -0.329 e. The van der Waals surface area contributed by atoms with E-state index in [1.807, 2.05) is 0 Å². The van der Waals surface area contributed by atoms with Crippen molar-refractivity contribution in [3.63, 3.8) is 0 Å². The van der Waals surface area contributed by atoms with E-state index in [9.17, 15) is 0 Å². The number of piperazine rings is 1. The van der Waals surface area contributed by atoms with Gasteiger partial charge in [-0.3, -0.25) is 9.80 Å². The van der Waals surface area contributed by atoms with Crippen LogP contribution in [0.25, 0.3) is 0 Å². The second kappa shape index (κ2) is 6.07. The maximum atomic E-state index is 6.19. The zero-order chi connectivity index (χ0) is 15.0. The van der Waals surface area contributed by atoms with E-state index in [-0.39, 0.29) is 0 Å². The second-order valence-corrected chi connectivity index (χ2v) is 6.89. The largest absolute Gasteiger partial charge is 0.329 e. The molecule has 2 unspecified atom stereocenters. The van der Waals surface area contributed by atoms with Gasteiger partial charge in [0.15, 0.2) is 0 Å². The fourth-order valence-corrected chi connectivity index (χ4v) is 4.46. The number of aryl methyl sites for hydroxylation is 3. The van der Waals surface area contributed by atoms with Crippen LogP contribution in [0.3, 0.4) is 0 Å². The van der Waals surface area contributed by atoms with E-state index >= 15 is 0 Å². The first-order valence-electron chi connectivity index (χ1n) is 8.36. The topological polar surface area (TPSA) is 32.5 Å². The Hall–Kier alpha value is -0.900. The number of rotatable bonds is 3. The highest BCUT2D eigenvalue weighted by Gasteiger charge is 2.34. The lowest BCUT2D eigenvalue weighted by Gasteiger charge is -2.42. The van der Waals surface area contributed by atoms with Crippen molar-refractivity contribution in [1.82, 2.24) is 9.80 Å². The zero-order valence-electron chi connectivity index (χ0n) is 13.7. The van der Waals surface area contributed by atoms with Crippen molar-refractivity contribution < 1.29 is 0 Å². The quantitative estimate of drug-likeness (QED) is 0.926.